The Morgan fingerprint density at radius 3 is 3.21 bits per heavy atom. The standard InChI is InChI=1S/C11H13NOS/c1-12-10-6-8(13-12)7-14-11-5-3-2-4-9(10)11/h2-5,8,10H,6-7H2,1H3/t8-,10-/m0/s1. The monoisotopic (exact) mass is 207 g/mol. The topological polar surface area (TPSA) is 12.5 Å². The van der Waals surface area contributed by atoms with Gasteiger partial charge in [0.15, 0.2) is 0 Å². The van der Waals surface area contributed by atoms with E-state index in [1.54, 1.807) is 0 Å². The van der Waals surface area contributed by atoms with Gasteiger partial charge < -0.3 is 0 Å². The largest absolute Gasteiger partial charge is 0.294 e. The molecule has 0 amide bonds. The van der Waals surface area contributed by atoms with Crippen LogP contribution in [0.25, 0.3) is 0 Å². The molecule has 2 bridgehead atoms. The van der Waals surface area contributed by atoms with Crippen molar-refractivity contribution in [1.29, 1.82) is 0 Å². The number of hydroxylamine groups is 2. The summed E-state index contributed by atoms with van der Waals surface area (Å²) in [6.07, 6.45) is 1.54. The summed E-state index contributed by atoms with van der Waals surface area (Å²) in [5, 5.41) is 2.02. The molecule has 1 aromatic carbocycles. The molecular formula is C11H13NOS. The van der Waals surface area contributed by atoms with Gasteiger partial charge >= 0.3 is 0 Å². The average Bonchev–Trinajstić information content (AvgIpc) is 2.45. The molecule has 0 spiro atoms. The summed E-state index contributed by atoms with van der Waals surface area (Å²) in [6, 6.07) is 9.14. The summed E-state index contributed by atoms with van der Waals surface area (Å²) in [5.74, 6) is 1.08. The summed E-state index contributed by atoms with van der Waals surface area (Å²) in [5.41, 5.74) is 1.43. The van der Waals surface area contributed by atoms with E-state index in [-0.39, 0.29) is 0 Å². The Morgan fingerprint density at radius 1 is 1.43 bits per heavy atom. The minimum absolute atomic E-state index is 0.405. The third kappa shape index (κ3) is 1.28. The summed E-state index contributed by atoms with van der Waals surface area (Å²) in [6.45, 7) is 0. The van der Waals surface area contributed by atoms with Crippen LogP contribution >= 0.6 is 11.8 Å². The van der Waals surface area contributed by atoms with E-state index >= 15 is 0 Å². The fraction of sp³-hybridized carbons (Fsp3) is 0.455. The van der Waals surface area contributed by atoms with Gasteiger partial charge in [-0.1, -0.05) is 18.2 Å². The Labute approximate surface area is 88.2 Å². The van der Waals surface area contributed by atoms with E-state index in [0.29, 0.717) is 12.1 Å². The Kier molecular flexibility index (Phi) is 2.04. The molecule has 1 saturated heterocycles. The second-order valence-electron chi connectivity index (χ2n) is 3.87. The van der Waals surface area contributed by atoms with Gasteiger partial charge in [0.1, 0.15) is 0 Å². The first-order valence-electron chi connectivity index (χ1n) is 4.96. The van der Waals surface area contributed by atoms with Crippen molar-refractivity contribution in [3.05, 3.63) is 29.8 Å². The van der Waals surface area contributed by atoms with E-state index in [9.17, 15) is 0 Å². The molecule has 0 aromatic heterocycles. The van der Waals surface area contributed by atoms with Crippen LogP contribution in [0.5, 0.6) is 0 Å². The molecule has 3 heteroatoms. The van der Waals surface area contributed by atoms with Gasteiger partial charge in [-0.3, -0.25) is 4.84 Å². The molecule has 14 heavy (non-hydrogen) atoms. The van der Waals surface area contributed by atoms with Crippen LogP contribution in [0.15, 0.2) is 29.2 Å². The highest BCUT2D eigenvalue weighted by Gasteiger charge is 2.35. The molecule has 1 aromatic rings. The molecule has 74 valence electrons. The van der Waals surface area contributed by atoms with Crippen molar-refractivity contribution in [3.8, 4) is 0 Å². The third-order valence-electron chi connectivity index (χ3n) is 2.94. The molecule has 0 N–H and O–H groups in total. The van der Waals surface area contributed by atoms with E-state index in [1.165, 1.54) is 10.5 Å². The first kappa shape index (κ1) is 8.77. The van der Waals surface area contributed by atoms with E-state index in [4.69, 9.17) is 4.84 Å². The van der Waals surface area contributed by atoms with Crippen LogP contribution in [0.2, 0.25) is 0 Å². The second-order valence-corrected chi connectivity index (χ2v) is 4.94. The van der Waals surface area contributed by atoms with Gasteiger partial charge in [-0.2, -0.15) is 5.06 Å². The zero-order chi connectivity index (χ0) is 9.54. The van der Waals surface area contributed by atoms with Crippen LogP contribution < -0.4 is 0 Å². The molecule has 2 heterocycles. The van der Waals surface area contributed by atoms with Crippen molar-refractivity contribution in [1.82, 2.24) is 5.06 Å². The van der Waals surface area contributed by atoms with Crippen LogP contribution in [0.4, 0.5) is 0 Å². The first-order chi connectivity index (χ1) is 6.84. The fourth-order valence-corrected chi connectivity index (χ4v) is 3.35. The van der Waals surface area contributed by atoms with Crippen molar-refractivity contribution in [3.63, 3.8) is 0 Å². The average molecular weight is 207 g/mol. The van der Waals surface area contributed by atoms with Crippen LogP contribution in [-0.2, 0) is 4.84 Å². The number of hydrogen-bond acceptors (Lipinski definition) is 3. The molecule has 3 rings (SSSR count). The highest BCUT2D eigenvalue weighted by Crippen LogP contribution is 2.42. The van der Waals surface area contributed by atoms with E-state index in [0.717, 1.165) is 12.2 Å². The van der Waals surface area contributed by atoms with Crippen LogP contribution in [-0.4, -0.2) is 24.0 Å². The summed E-state index contributed by atoms with van der Waals surface area (Å²) >= 11 is 1.92. The van der Waals surface area contributed by atoms with Gasteiger partial charge in [-0.05, 0) is 18.1 Å². The van der Waals surface area contributed by atoms with E-state index in [2.05, 4.69) is 24.3 Å². The van der Waals surface area contributed by atoms with Crippen molar-refractivity contribution < 1.29 is 4.84 Å². The van der Waals surface area contributed by atoms with Crippen molar-refractivity contribution >= 4 is 11.8 Å². The molecule has 2 atom stereocenters. The number of thioether (sulfide) groups is 1. The Morgan fingerprint density at radius 2 is 2.29 bits per heavy atom. The lowest BCUT2D eigenvalue weighted by Gasteiger charge is -2.21. The molecule has 2 nitrogen and oxygen atoms in total. The van der Waals surface area contributed by atoms with Gasteiger partial charge in [0.25, 0.3) is 0 Å². The number of rotatable bonds is 0. The zero-order valence-corrected chi connectivity index (χ0v) is 8.96. The van der Waals surface area contributed by atoms with Gasteiger partial charge in [0.05, 0.1) is 12.1 Å². The molecule has 0 saturated carbocycles. The van der Waals surface area contributed by atoms with Gasteiger partial charge in [0.2, 0.25) is 0 Å². The molecule has 1 fully saturated rings. The number of hydrogen-bond donors (Lipinski definition) is 0. The molecule has 0 aliphatic carbocycles. The Hall–Kier alpha value is -0.510. The summed E-state index contributed by atoms with van der Waals surface area (Å²) in [4.78, 5) is 7.16. The lowest BCUT2D eigenvalue weighted by atomic mass is 10.0. The lowest BCUT2D eigenvalue weighted by Crippen LogP contribution is -2.19. The molecule has 0 radical (unpaired) electrons. The SMILES string of the molecule is CN1O[C@@H]2CSc3ccccc3[C@@H]1C2. The maximum Gasteiger partial charge on any atom is 0.0906 e. The van der Waals surface area contributed by atoms with Gasteiger partial charge in [-0.25, -0.2) is 0 Å². The highest BCUT2D eigenvalue weighted by molar-refractivity contribution is 7.99. The van der Waals surface area contributed by atoms with Crippen molar-refractivity contribution in [2.75, 3.05) is 12.8 Å². The van der Waals surface area contributed by atoms with Gasteiger partial charge in [0, 0.05) is 17.7 Å². The number of nitrogens with zero attached hydrogens (tertiary/aromatic N) is 1. The maximum atomic E-state index is 5.73. The van der Waals surface area contributed by atoms with Crippen molar-refractivity contribution in [2.45, 2.75) is 23.5 Å². The third-order valence-corrected chi connectivity index (χ3v) is 4.16. The van der Waals surface area contributed by atoms with Gasteiger partial charge in [-0.15, -0.1) is 11.8 Å². The molecule has 2 aliphatic heterocycles. The second kappa shape index (κ2) is 3.26. The predicted octanol–water partition coefficient (Wildman–Crippen LogP) is 2.47. The van der Waals surface area contributed by atoms with E-state index in [1.807, 2.05) is 23.9 Å². The predicted molar refractivity (Wildman–Crippen MR) is 57.2 cm³/mol. The molecule has 2 aliphatic rings. The van der Waals surface area contributed by atoms with Crippen LogP contribution in [0, 0.1) is 0 Å². The zero-order valence-electron chi connectivity index (χ0n) is 8.14. The number of benzene rings is 1. The Balaban J connectivity index is 2.07. The van der Waals surface area contributed by atoms with E-state index < -0.39 is 0 Å². The normalized spacial score (nSPS) is 31.2. The molecular weight excluding hydrogens is 194 g/mol. The molecule has 0 unspecified atom stereocenters. The van der Waals surface area contributed by atoms with Crippen molar-refractivity contribution in [2.24, 2.45) is 0 Å². The van der Waals surface area contributed by atoms with Crippen LogP contribution in [0.1, 0.15) is 18.0 Å². The number of fused-ring (bicyclic) bond motifs is 4. The minimum atomic E-state index is 0.405. The highest BCUT2D eigenvalue weighted by atomic mass is 32.2. The fourth-order valence-electron chi connectivity index (χ4n) is 2.24. The maximum absolute atomic E-state index is 5.73. The lowest BCUT2D eigenvalue weighted by molar-refractivity contribution is -0.138. The summed E-state index contributed by atoms with van der Waals surface area (Å²) in [7, 11) is 2.04. The minimum Gasteiger partial charge on any atom is -0.294 e. The first-order valence-corrected chi connectivity index (χ1v) is 5.94. The smallest absolute Gasteiger partial charge is 0.0906 e. The van der Waals surface area contributed by atoms with Crippen LogP contribution in [0.3, 0.4) is 0 Å². The summed E-state index contributed by atoms with van der Waals surface area (Å²) < 4.78 is 0. The Bertz CT molecular complexity index is 355. The quantitative estimate of drug-likeness (QED) is 0.648.